The zero-order valence-electron chi connectivity index (χ0n) is 11.2. The second-order valence-corrected chi connectivity index (χ2v) is 5.45. The van der Waals surface area contributed by atoms with Crippen LogP contribution in [0, 0.1) is 13.8 Å². The molecule has 0 saturated heterocycles. The van der Waals surface area contributed by atoms with Crippen LogP contribution in [0.1, 0.15) is 35.3 Å². The summed E-state index contributed by atoms with van der Waals surface area (Å²) < 4.78 is 0. The van der Waals surface area contributed by atoms with E-state index in [1.807, 2.05) is 39.8 Å². The third-order valence-electron chi connectivity index (χ3n) is 3.01. The minimum absolute atomic E-state index is 0.0162. The van der Waals surface area contributed by atoms with Gasteiger partial charge in [0, 0.05) is 18.5 Å². The molecule has 0 saturated carbocycles. The van der Waals surface area contributed by atoms with E-state index < -0.39 is 0 Å². The number of benzene rings is 1. The number of alkyl halides is 1. The number of hydrogen-bond acceptors (Lipinski definition) is 1. The molecule has 2 nitrogen and oxygen atoms in total. The summed E-state index contributed by atoms with van der Waals surface area (Å²) >= 11 is 5.89. The molecule has 0 unspecified atom stereocenters. The van der Waals surface area contributed by atoms with Gasteiger partial charge in [-0.15, -0.1) is 11.6 Å². The Balaban J connectivity index is 3.04. The van der Waals surface area contributed by atoms with Crippen LogP contribution in [0.25, 0.3) is 0 Å². The predicted octanol–water partition coefficient (Wildman–Crippen LogP) is 3.39. The summed E-state index contributed by atoms with van der Waals surface area (Å²) in [6.45, 7) is 7.91. The monoisotopic (exact) mass is 253 g/mol. The molecule has 3 heteroatoms. The van der Waals surface area contributed by atoms with E-state index in [1.165, 1.54) is 0 Å². The summed E-state index contributed by atoms with van der Waals surface area (Å²) in [5.41, 5.74) is 2.59. The van der Waals surface area contributed by atoms with Gasteiger partial charge in [0.15, 0.2) is 0 Å². The Morgan fingerprint density at radius 2 is 1.71 bits per heavy atom. The number of nitrogens with zero attached hydrogens (tertiary/aromatic N) is 1. The fourth-order valence-electron chi connectivity index (χ4n) is 1.66. The maximum atomic E-state index is 12.3. The second-order valence-electron chi connectivity index (χ2n) is 5.19. The molecule has 0 bridgehead atoms. The van der Waals surface area contributed by atoms with Gasteiger partial charge in [-0.25, -0.2) is 0 Å². The fraction of sp³-hybridized carbons (Fsp3) is 0.500. The number of halogens is 1. The zero-order chi connectivity index (χ0) is 13.2. The van der Waals surface area contributed by atoms with E-state index in [0.717, 1.165) is 16.7 Å². The standard InChI is InChI=1S/C14H20ClNO/c1-10-6-11(2)8-12(7-10)13(17)16(5)14(3,4)9-15/h6-8H,9H2,1-5H3. The van der Waals surface area contributed by atoms with Gasteiger partial charge in [-0.3, -0.25) is 4.79 Å². The average Bonchev–Trinajstić information content (AvgIpc) is 2.25. The minimum Gasteiger partial charge on any atom is -0.335 e. The highest BCUT2D eigenvalue weighted by atomic mass is 35.5. The van der Waals surface area contributed by atoms with Crippen molar-refractivity contribution in [3.8, 4) is 0 Å². The quantitative estimate of drug-likeness (QED) is 0.757. The Hall–Kier alpha value is -1.02. The van der Waals surface area contributed by atoms with Crippen LogP contribution in [0.2, 0.25) is 0 Å². The molecule has 0 aromatic heterocycles. The lowest BCUT2D eigenvalue weighted by Crippen LogP contribution is -2.46. The SMILES string of the molecule is Cc1cc(C)cc(C(=O)N(C)C(C)(C)CCl)c1. The van der Waals surface area contributed by atoms with E-state index >= 15 is 0 Å². The molecule has 0 N–H and O–H groups in total. The molecule has 0 heterocycles. The lowest BCUT2D eigenvalue weighted by atomic mass is 10.0. The van der Waals surface area contributed by atoms with Crippen LogP contribution in [0.15, 0.2) is 18.2 Å². The van der Waals surface area contributed by atoms with E-state index in [4.69, 9.17) is 11.6 Å². The van der Waals surface area contributed by atoms with Crippen LogP contribution in [0.3, 0.4) is 0 Å². The van der Waals surface area contributed by atoms with Crippen LogP contribution >= 0.6 is 11.6 Å². The Kier molecular flexibility index (Phi) is 4.21. The lowest BCUT2D eigenvalue weighted by molar-refractivity contribution is 0.0660. The smallest absolute Gasteiger partial charge is 0.254 e. The van der Waals surface area contributed by atoms with Crippen molar-refractivity contribution in [2.75, 3.05) is 12.9 Å². The first-order valence-corrected chi connectivity index (χ1v) is 6.24. The molecule has 0 fully saturated rings. The first-order chi connectivity index (χ1) is 7.77. The van der Waals surface area contributed by atoms with E-state index in [-0.39, 0.29) is 11.4 Å². The van der Waals surface area contributed by atoms with Gasteiger partial charge in [-0.1, -0.05) is 17.2 Å². The minimum atomic E-state index is -0.337. The van der Waals surface area contributed by atoms with Crippen molar-refractivity contribution in [2.45, 2.75) is 33.2 Å². The second kappa shape index (κ2) is 5.09. The van der Waals surface area contributed by atoms with Gasteiger partial charge in [0.2, 0.25) is 0 Å². The number of aryl methyl sites for hydroxylation is 2. The fourth-order valence-corrected chi connectivity index (χ4v) is 1.84. The molecule has 0 aliphatic heterocycles. The summed E-state index contributed by atoms with van der Waals surface area (Å²) in [7, 11) is 1.79. The molecule has 17 heavy (non-hydrogen) atoms. The van der Waals surface area contributed by atoms with Crippen molar-refractivity contribution in [3.63, 3.8) is 0 Å². The third kappa shape index (κ3) is 3.22. The van der Waals surface area contributed by atoms with E-state index in [0.29, 0.717) is 5.88 Å². The van der Waals surface area contributed by atoms with Gasteiger partial charge in [0.05, 0.1) is 5.54 Å². The summed E-state index contributed by atoms with van der Waals surface area (Å²) in [6, 6.07) is 5.88. The maximum absolute atomic E-state index is 12.3. The summed E-state index contributed by atoms with van der Waals surface area (Å²) in [4.78, 5) is 14.0. The van der Waals surface area contributed by atoms with Crippen molar-refractivity contribution in [3.05, 3.63) is 34.9 Å². The van der Waals surface area contributed by atoms with Crippen LogP contribution in [-0.2, 0) is 0 Å². The van der Waals surface area contributed by atoms with Crippen LogP contribution in [0.5, 0.6) is 0 Å². The summed E-state index contributed by atoms with van der Waals surface area (Å²) in [5, 5.41) is 0. The Morgan fingerprint density at radius 3 is 2.12 bits per heavy atom. The van der Waals surface area contributed by atoms with E-state index in [9.17, 15) is 4.79 Å². The number of rotatable bonds is 3. The normalized spacial score (nSPS) is 11.4. The van der Waals surface area contributed by atoms with Gasteiger partial charge in [-0.2, -0.15) is 0 Å². The van der Waals surface area contributed by atoms with Gasteiger partial charge >= 0.3 is 0 Å². The van der Waals surface area contributed by atoms with Crippen molar-refractivity contribution in [1.82, 2.24) is 4.90 Å². The van der Waals surface area contributed by atoms with Crippen molar-refractivity contribution < 1.29 is 4.79 Å². The topological polar surface area (TPSA) is 20.3 Å². The lowest BCUT2D eigenvalue weighted by Gasteiger charge is -2.34. The highest BCUT2D eigenvalue weighted by molar-refractivity contribution is 6.18. The largest absolute Gasteiger partial charge is 0.335 e. The van der Waals surface area contributed by atoms with Crippen molar-refractivity contribution in [1.29, 1.82) is 0 Å². The molecule has 0 radical (unpaired) electrons. The summed E-state index contributed by atoms with van der Waals surface area (Å²) in [5.74, 6) is 0.433. The molecule has 1 aromatic rings. The molecular formula is C14H20ClNO. The molecule has 0 aliphatic carbocycles. The number of hydrogen-bond donors (Lipinski definition) is 0. The first-order valence-electron chi connectivity index (χ1n) is 5.70. The zero-order valence-corrected chi connectivity index (χ0v) is 11.9. The highest BCUT2D eigenvalue weighted by Crippen LogP contribution is 2.18. The Bertz CT molecular complexity index is 406. The predicted molar refractivity (Wildman–Crippen MR) is 72.8 cm³/mol. The third-order valence-corrected chi connectivity index (χ3v) is 3.66. The Labute approximate surface area is 109 Å². The Morgan fingerprint density at radius 1 is 1.24 bits per heavy atom. The molecular weight excluding hydrogens is 234 g/mol. The van der Waals surface area contributed by atoms with Gasteiger partial charge in [-0.05, 0) is 39.8 Å². The highest BCUT2D eigenvalue weighted by Gasteiger charge is 2.27. The molecule has 1 rings (SSSR count). The average molecular weight is 254 g/mol. The molecule has 94 valence electrons. The molecule has 0 aliphatic rings. The van der Waals surface area contributed by atoms with E-state index in [1.54, 1.807) is 11.9 Å². The first kappa shape index (κ1) is 14.0. The molecule has 1 aromatic carbocycles. The number of carbonyl (C=O) groups is 1. The molecule has 0 spiro atoms. The van der Waals surface area contributed by atoms with E-state index in [2.05, 4.69) is 6.07 Å². The molecule has 1 amide bonds. The van der Waals surface area contributed by atoms with Crippen LogP contribution in [0.4, 0.5) is 0 Å². The van der Waals surface area contributed by atoms with Crippen molar-refractivity contribution >= 4 is 17.5 Å². The summed E-state index contributed by atoms with van der Waals surface area (Å²) in [6.07, 6.45) is 0. The van der Waals surface area contributed by atoms with Gasteiger partial charge < -0.3 is 4.90 Å². The molecule has 0 atom stereocenters. The van der Waals surface area contributed by atoms with Crippen LogP contribution in [-0.4, -0.2) is 29.3 Å². The number of carbonyl (C=O) groups excluding carboxylic acids is 1. The number of amides is 1. The van der Waals surface area contributed by atoms with Crippen molar-refractivity contribution in [2.24, 2.45) is 0 Å². The van der Waals surface area contributed by atoms with Crippen LogP contribution < -0.4 is 0 Å². The van der Waals surface area contributed by atoms with Gasteiger partial charge in [0.1, 0.15) is 0 Å². The maximum Gasteiger partial charge on any atom is 0.254 e. The van der Waals surface area contributed by atoms with Gasteiger partial charge in [0.25, 0.3) is 5.91 Å².